The van der Waals surface area contributed by atoms with Crippen LogP contribution in [-0.2, 0) is 4.79 Å². The number of primary amides is 1. The number of nitrogens with zero attached hydrogens (tertiary/aromatic N) is 4. The first-order valence-electron chi connectivity index (χ1n) is 8.00. The summed E-state index contributed by atoms with van der Waals surface area (Å²) in [5, 5.41) is 8.95. The Bertz CT molecular complexity index is 786. The molecule has 1 aliphatic rings. The van der Waals surface area contributed by atoms with E-state index in [0.717, 1.165) is 25.8 Å². The molecule has 1 fully saturated rings. The zero-order valence-electron chi connectivity index (χ0n) is 13.3. The Hall–Kier alpha value is -2.72. The van der Waals surface area contributed by atoms with Gasteiger partial charge in [0.25, 0.3) is 0 Å². The van der Waals surface area contributed by atoms with Gasteiger partial charge in [-0.1, -0.05) is 6.42 Å². The fraction of sp³-hybridized carbons (Fsp3) is 0.412. The van der Waals surface area contributed by atoms with Gasteiger partial charge >= 0.3 is 0 Å². The van der Waals surface area contributed by atoms with Gasteiger partial charge in [0.05, 0.1) is 34.9 Å². The van der Waals surface area contributed by atoms with E-state index in [1.807, 2.05) is 0 Å². The highest BCUT2D eigenvalue weighted by molar-refractivity contribution is 5.80. The zero-order valence-corrected chi connectivity index (χ0v) is 13.3. The first-order chi connectivity index (χ1) is 11.7. The van der Waals surface area contributed by atoms with Crippen molar-refractivity contribution in [1.82, 2.24) is 14.9 Å². The van der Waals surface area contributed by atoms with Crippen molar-refractivity contribution < 1.29 is 9.53 Å². The topological polar surface area (TPSA) is 105 Å². The zero-order chi connectivity index (χ0) is 16.9. The molecular formula is C17H19N5O2. The van der Waals surface area contributed by atoms with Gasteiger partial charge in [-0.2, -0.15) is 5.26 Å². The molecule has 2 N–H and O–H groups in total. The SMILES string of the molecule is N#Cc1ccc2ncc(OCCN3CCCCC3C(N)=O)nc2c1. The van der Waals surface area contributed by atoms with Gasteiger partial charge in [-0.25, -0.2) is 9.97 Å². The Kier molecular flexibility index (Phi) is 4.87. The van der Waals surface area contributed by atoms with Gasteiger partial charge in [0.1, 0.15) is 6.61 Å². The van der Waals surface area contributed by atoms with E-state index < -0.39 is 0 Å². The number of amides is 1. The summed E-state index contributed by atoms with van der Waals surface area (Å²) in [6.45, 7) is 1.87. The number of carbonyl (C=O) groups excluding carboxylic acids is 1. The van der Waals surface area contributed by atoms with E-state index in [4.69, 9.17) is 15.7 Å². The van der Waals surface area contributed by atoms with Gasteiger partial charge < -0.3 is 10.5 Å². The number of piperidine rings is 1. The minimum Gasteiger partial charge on any atom is -0.475 e. The molecule has 0 bridgehead atoms. The van der Waals surface area contributed by atoms with Gasteiger partial charge in [-0.3, -0.25) is 9.69 Å². The van der Waals surface area contributed by atoms with Crippen LogP contribution < -0.4 is 10.5 Å². The number of carbonyl (C=O) groups is 1. The van der Waals surface area contributed by atoms with Gasteiger partial charge in [0, 0.05) is 6.54 Å². The Morgan fingerprint density at radius 1 is 1.42 bits per heavy atom. The summed E-state index contributed by atoms with van der Waals surface area (Å²) in [5.41, 5.74) is 7.33. The second-order valence-corrected chi connectivity index (χ2v) is 5.82. The Morgan fingerprint density at radius 2 is 2.29 bits per heavy atom. The lowest BCUT2D eigenvalue weighted by Gasteiger charge is -2.33. The van der Waals surface area contributed by atoms with Crippen molar-refractivity contribution in [3.63, 3.8) is 0 Å². The molecule has 1 aliphatic heterocycles. The molecule has 0 aliphatic carbocycles. The summed E-state index contributed by atoms with van der Waals surface area (Å²) in [4.78, 5) is 22.2. The molecule has 1 aromatic carbocycles. The molecule has 0 spiro atoms. The van der Waals surface area contributed by atoms with Crippen LogP contribution in [0.5, 0.6) is 5.88 Å². The molecule has 3 rings (SSSR count). The molecule has 2 heterocycles. The number of nitrogens with two attached hydrogens (primary N) is 1. The van der Waals surface area contributed by atoms with E-state index >= 15 is 0 Å². The minimum absolute atomic E-state index is 0.205. The highest BCUT2D eigenvalue weighted by Gasteiger charge is 2.26. The molecule has 1 unspecified atom stereocenters. The molecule has 0 saturated carbocycles. The van der Waals surface area contributed by atoms with Crippen molar-refractivity contribution in [2.75, 3.05) is 19.7 Å². The van der Waals surface area contributed by atoms with Crippen LogP contribution in [0.1, 0.15) is 24.8 Å². The third-order valence-electron chi connectivity index (χ3n) is 4.22. The lowest BCUT2D eigenvalue weighted by molar-refractivity contribution is -0.124. The van der Waals surface area contributed by atoms with E-state index in [2.05, 4.69) is 20.9 Å². The molecule has 1 atom stereocenters. The molecule has 24 heavy (non-hydrogen) atoms. The van der Waals surface area contributed by atoms with Crippen molar-refractivity contribution >= 4 is 16.9 Å². The van der Waals surface area contributed by atoms with E-state index in [0.29, 0.717) is 35.6 Å². The molecule has 1 amide bonds. The molecule has 2 aromatic rings. The monoisotopic (exact) mass is 325 g/mol. The van der Waals surface area contributed by atoms with Gasteiger partial charge in [0.2, 0.25) is 11.8 Å². The predicted octanol–water partition coefficient (Wildman–Crippen LogP) is 1.22. The number of ether oxygens (including phenoxy) is 1. The average molecular weight is 325 g/mol. The summed E-state index contributed by atoms with van der Waals surface area (Å²) in [5.74, 6) is 0.134. The van der Waals surface area contributed by atoms with E-state index in [-0.39, 0.29) is 11.9 Å². The van der Waals surface area contributed by atoms with E-state index in [1.54, 1.807) is 24.4 Å². The second-order valence-electron chi connectivity index (χ2n) is 5.82. The lowest BCUT2D eigenvalue weighted by Crippen LogP contribution is -2.48. The summed E-state index contributed by atoms with van der Waals surface area (Å²) in [7, 11) is 0. The molecular weight excluding hydrogens is 306 g/mol. The Morgan fingerprint density at radius 3 is 3.08 bits per heavy atom. The highest BCUT2D eigenvalue weighted by Crippen LogP contribution is 2.17. The summed E-state index contributed by atoms with van der Waals surface area (Å²) >= 11 is 0. The van der Waals surface area contributed by atoms with Crippen LogP contribution >= 0.6 is 0 Å². The number of rotatable bonds is 5. The van der Waals surface area contributed by atoms with Crippen molar-refractivity contribution in [2.45, 2.75) is 25.3 Å². The molecule has 7 heteroatoms. The van der Waals surface area contributed by atoms with Gasteiger partial charge in [-0.15, -0.1) is 0 Å². The molecule has 1 saturated heterocycles. The van der Waals surface area contributed by atoms with Crippen molar-refractivity contribution in [1.29, 1.82) is 5.26 Å². The van der Waals surface area contributed by atoms with Crippen LogP contribution in [-0.4, -0.2) is 46.5 Å². The van der Waals surface area contributed by atoms with E-state index in [1.165, 1.54) is 0 Å². The largest absolute Gasteiger partial charge is 0.475 e. The lowest BCUT2D eigenvalue weighted by atomic mass is 10.0. The Labute approximate surface area is 140 Å². The van der Waals surface area contributed by atoms with Gasteiger partial charge in [-0.05, 0) is 37.6 Å². The fourth-order valence-electron chi connectivity index (χ4n) is 2.98. The molecule has 7 nitrogen and oxygen atoms in total. The standard InChI is InChI=1S/C17H19N5O2/c18-10-12-4-5-13-14(9-12)21-16(11-20-13)24-8-7-22-6-2-1-3-15(22)17(19)23/h4-5,9,11,15H,1-3,6-8H2,(H2,19,23). The van der Waals surface area contributed by atoms with Crippen LogP contribution in [0, 0.1) is 11.3 Å². The average Bonchev–Trinajstić information content (AvgIpc) is 2.61. The summed E-state index contributed by atoms with van der Waals surface area (Å²) < 4.78 is 5.67. The number of hydrogen-bond donors (Lipinski definition) is 1. The van der Waals surface area contributed by atoms with Crippen LogP contribution in [0.2, 0.25) is 0 Å². The van der Waals surface area contributed by atoms with Crippen LogP contribution in [0.3, 0.4) is 0 Å². The van der Waals surface area contributed by atoms with Gasteiger partial charge in [0.15, 0.2) is 0 Å². The first-order valence-corrected chi connectivity index (χ1v) is 8.00. The minimum atomic E-state index is -0.274. The number of nitriles is 1. The molecule has 1 aromatic heterocycles. The van der Waals surface area contributed by atoms with Crippen LogP contribution in [0.15, 0.2) is 24.4 Å². The predicted molar refractivity (Wildman–Crippen MR) is 88.2 cm³/mol. The highest BCUT2D eigenvalue weighted by atomic mass is 16.5. The first kappa shape index (κ1) is 16.1. The van der Waals surface area contributed by atoms with Crippen LogP contribution in [0.4, 0.5) is 0 Å². The molecule has 0 radical (unpaired) electrons. The summed E-state index contributed by atoms with van der Waals surface area (Å²) in [6.07, 6.45) is 4.47. The van der Waals surface area contributed by atoms with Crippen molar-refractivity contribution in [3.05, 3.63) is 30.0 Å². The maximum absolute atomic E-state index is 11.5. The maximum atomic E-state index is 11.5. The quantitative estimate of drug-likeness (QED) is 0.886. The van der Waals surface area contributed by atoms with Crippen LogP contribution in [0.25, 0.3) is 11.0 Å². The third-order valence-corrected chi connectivity index (χ3v) is 4.22. The molecule has 124 valence electrons. The maximum Gasteiger partial charge on any atom is 0.234 e. The number of fused-ring (bicyclic) bond motifs is 1. The summed E-state index contributed by atoms with van der Waals surface area (Å²) in [6, 6.07) is 7.03. The number of aromatic nitrogens is 2. The normalized spacial score (nSPS) is 18.2. The second kappa shape index (κ2) is 7.23. The third kappa shape index (κ3) is 3.60. The number of likely N-dealkylation sites (tertiary alicyclic amines) is 1. The van der Waals surface area contributed by atoms with Crippen molar-refractivity contribution in [3.8, 4) is 11.9 Å². The smallest absolute Gasteiger partial charge is 0.234 e. The fourth-order valence-corrected chi connectivity index (χ4v) is 2.98. The Balaban J connectivity index is 1.63. The van der Waals surface area contributed by atoms with E-state index in [9.17, 15) is 4.79 Å². The number of hydrogen-bond acceptors (Lipinski definition) is 6. The number of benzene rings is 1. The van der Waals surface area contributed by atoms with Crippen molar-refractivity contribution in [2.24, 2.45) is 5.73 Å².